The third-order valence-corrected chi connectivity index (χ3v) is 6.16. The zero-order chi connectivity index (χ0) is 20.2. The van der Waals surface area contributed by atoms with Gasteiger partial charge < -0.3 is 14.6 Å². The molecule has 1 aliphatic rings. The van der Waals surface area contributed by atoms with E-state index in [9.17, 15) is 9.90 Å². The number of hydrogen-bond acceptors (Lipinski definition) is 4. The van der Waals surface area contributed by atoms with Crippen molar-refractivity contribution in [3.63, 3.8) is 0 Å². The number of thiophene rings is 1. The van der Waals surface area contributed by atoms with Crippen LogP contribution in [0.3, 0.4) is 0 Å². The molecule has 0 bridgehead atoms. The van der Waals surface area contributed by atoms with Gasteiger partial charge in [-0.2, -0.15) is 0 Å². The summed E-state index contributed by atoms with van der Waals surface area (Å²) in [4.78, 5) is 13.0. The van der Waals surface area contributed by atoms with E-state index in [1.54, 1.807) is 6.07 Å². The maximum absolute atomic E-state index is 11.6. The molecule has 3 aromatic rings. The average Bonchev–Trinajstić information content (AvgIpc) is 3.35. The van der Waals surface area contributed by atoms with Gasteiger partial charge >= 0.3 is 5.97 Å². The Bertz CT molecular complexity index is 1020. The van der Waals surface area contributed by atoms with Crippen LogP contribution in [-0.4, -0.2) is 18.2 Å². The summed E-state index contributed by atoms with van der Waals surface area (Å²) in [5, 5.41) is 11.6. The lowest BCUT2D eigenvalue weighted by Crippen LogP contribution is -2.06. The van der Waals surface area contributed by atoms with Crippen molar-refractivity contribution in [2.75, 3.05) is 7.11 Å². The molecule has 29 heavy (non-hydrogen) atoms. The molecule has 1 aliphatic carbocycles. The first-order valence-corrected chi connectivity index (χ1v) is 10.4. The monoisotopic (exact) mass is 406 g/mol. The van der Waals surface area contributed by atoms with E-state index in [4.69, 9.17) is 9.47 Å². The van der Waals surface area contributed by atoms with Gasteiger partial charge in [-0.15, -0.1) is 11.3 Å². The minimum Gasteiger partial charge on any atom is -0.503 e. The average molecular weight is 407 g/mol. The first-order valence-electron chi connectivity index (χ1n) is 9.48. The van der Waals surface area contributed by atoms with Crippen molar-refractivity contribution in [3.05, 3.63) is 93.9 Å². The Morgan fingerprint density at radius 3 is 2.76 bits per heavy atom. The zero-order valence-corrected chi connectivity index (χ0v) is 16.9. The number of hydrogen-bond donors (Lipinski definition) is 1. The van der Waals surface area contributed by atoms with E-state index in [-0.39, 0.29) is 12.2 Å². The van der Waals surface area contributed by atoms with Gasteiger partial charge in [-0.05, 0) is 52.6 Å². The Morgan fingerprint density at radius 1 is 1.14 bits per heavy atom. The lowest BCUT2D eigenvalue weighted by molar-refractivity contribution is -0.130. The highest BCUT2D eigenvalue weighted by molar-refractivity contribution is 7.10. The van der Waals surface area contributed by atoms with Crippen LogP contribution < -0.4 is 4.74 Å². The molecule has 2 atom stereocenters. The minimum absolute atomic E-state index is 0.109. The van der Waals surface area contributed by atoms with E-state index < -0.39 is 5.97 Å². The predicted octanol–water partition coefficient (Wildman–Crippen LogP) is 5.67. The summed E-state index contributed by atoms with van der Waals surface area (Å²) in [6.07, 6.45) is 2.43. The zero-order valence-electron chi connectivity index (χ0n) is 16.1. The molecule has 1 N–H and O–H groups in total. The van der Waals surface area contributed by atoms with E-state index in [0.717, 1.165) is 11.3 Å². The Morgan fingerprint density at radius 2 is 2.00 bits per heavy atom. The summed E-state index contributed by atoms with van der Waals surface area (Å²) in [6.45, 7) is 0.285. The molecule has 2 unspecified atom stereocenters. The number of carbonyl (C=O) groups is 1. The fraction of sp³-hybridized carbons (Fsp3) is 0.208. The molecule has 5 heteroatoms. The highest BCUT2D eigenvalue weighted by atomic mass is 32.1. The van der Waals surface area contributed by atoms with Crippen LogP contribution in [-0.2, 0) is 16.1 Å². The molecule has 0 aliphatic heterocycles. The molecule has 1 saturated carbocycles. The first kappa shape index (κ1) is 19.3. The third kappa shape index (κ3) is 4.35. The number of carboxylic acids is 1. The SMILES string of the molecule is COC=C(C(=O)O)c1ccccc1COc1cccc(C2CC2c2cccs2)c1. The molecule has 4 rings (SSSR count). The summed E-state index contributed by atoms with van der Waals surface area (Å²) < 4.78 is 11.0. The summed E-state index contributed by atoms with van der Waals surface area (Å²) in [5.41, 5.74) is 2.79. The van der Waals surface area contributed by atoms with Gasteiger partial charge in [-0.25, -0.2) is 4.79 Å². The van der Waals surface area contributed by atoms with Gasteiger partial charge in [-0.3, -0.25) is 0 Å². The van der Waals surface area contributed by atoms with E-state index in [1.165, 1.54) is 30.2 Å². The number of carboxylic acid groups (broad SMARTS) is 1. The Kier molecular flexibility index (Phi) is 5.67. The van der Waals surface area contributed by atoms with Crippen molar-refractivity contribution in [1.29, 1.82) is 0 Å². The van der Waals surface area contributed by atoms with Gasteiger partial charge in [0.25, 0.3) is 0 Å². The molecule has 1 aromatic heterocycles. The van der Waals surface area contributed by atoms with Crippen molar-refractivity contribution in [3.8, 4) is 5.75 Å². The van der Waals surface area contributed by atoms with E-state index in [0.29, 0.717) is 17.4 Å². The van der Waals surface area contributed by atoms with E-state index in [2.05, 4.69) is 29.6 Å². The molecule has 0 saturated heterocycles. The van der Waals surface area contributed by atoms with Crippen molar-refractivity contribution in [2.45, 2.75) is 24.9 Å². The third-order valence-electron chi connectivity index (χ3n) is 5.15. The number of rotatable bonds is 8. The van der Waals surface area contributed by atoms with Crippen LogP contribution in [0.25, 0.3) is 5.57 Å². The molecule has 148 valence electrons. The summed E-state index contributed by atoms with van der Waals surface area (Å²) in [7, 11) is 1.44. The first-order chi connectivity index (χ1) is 14.2. The highest BCUT2D eigenvalue weighted by Crippen LogP contribution is 2.56. The molecule has 0 radical (unpaired) electrons. The molecule has 2 aromatic carbocycles. The van der Waals surface area contributed by atoms with Gasteiger partial charge in [0.05, 0.1) is 13.4 Å². The van der Waals surface area contributed by atoms with Crippen LogP contribution in [0, 0.1) is 0 Å². The second kappa shape index (κ2) is 8.53. The fourth-order valence-corrected chi connectivity index (χ4v) is 4.54. The van der Waals surface area contributed by atoms with Crippen molar-refractivity contribution in [2.24, 2.45) is 0 Å². The van der Waals surface area contributed by atoms with Crippen molar-refractivity contribution >= 4 is 22.9 Å². The second-order valence-electron chi connectivity index (χ2n) is 7.05. The largest absolute Gasteiger partial charge is 0.503 e. The standard InChI is InChI=1S/C24H22O4S/c1-27-15-22(24(25)26)19-9-3-2-6-17(19)14-28-18-8-4-7-16(12-18)20-13-21(20)23-10-5-11-29-23/h2-12,15,20-21H,13-14H2,1H3,(H,25,26). The Hall–Kier alpha value is -3.05. The van der Waals surface area contributed by atoms with E-state index in [1.807, 2.05) is 41.7 Å². The molecule has 1 heterocycles. The number of methoxy groups -OCH3 is 1. The molecular weight excluding hydrogens is 384 g/mol. The maximum atomic E-state index is 11.6. The topological polar surface area (TPSA) is 55.8 Å². The molecule has 1 fully saturated rings. The molecular formula is C24H22O4S. The van der Waals surface area contributed by atoms with Crippen LogP contribution in [0.2, 0.25) is 0 Å². The summed E-state index contributed by atoms with van der Waals surface area (Å²) in [6, 6.07) is 19.9. The summed E-state index contributed by atoms with van der Waals surface area (Å²) in [5.74, 6) is 0.924. The van der Waals surface area contributed by atoms with Crippen molar-refractivity contribution < 1.29 is 19.4 Å². The molecule has 0 amide bonds. The quantitative estimate of drug-likeness (QED) is 0.387. The lowest BCUT2D eigenvalue weighted by atomic mass is 10.0. The Balaban J connectivity index is 1.48. The van der Waals surface area contributed by atoms with Crippen LogP contribution >= 0.6 is 11.3 Å². The number of aliphatic carboxylic acids is 1. The van der Waals surface area contributed by atoms with Gasteiger partial charge in [0.15, 0.2) is 0 Å². The Labute approximate surface area is 174 Å². The van der Waals surface area contributed by atoms with E-state index >= 15 is 0 Å². The van der Waals surface area contributed by atoms with Gasteiger partial charge in [0, 0.05) is 10.8 Å². The predicted molar refractivity (Wildman–Crippen MR) is 114 cm³/mol. The van der Waals surface area contributed by atoms with Gasteiger partial charge in [-0.1, -0.05) is 42.5 Å². The fourth-order valence-electron chi connectivity index (χ4n) is 3.63. The van der Waals surface area contributed by atoms with Gasteiger partial charge in [0.1, 0.15) is 17.9 Å². The normalized spacial score (nSPS) is 18.3. The lowest BCUT2D eigenvalue weighted by Gasteiger charge is -2.12. The second-order valence-corrected chi connectivity index (χ2v) is 8.03. The summed E-state index contributed by atoms with van der Waals surface area (Å²) >= 11 is 1.82. The molecule has 0 spiro atoms. The van der Waals surface area contributed by atoms with Crippen LogP contribution in [0.4, 0.5) is 0 Å². The van der Waals surface area contributed by atoms with Crippen LogP contribution in [0.15, 0.2) is 72.3 Å². The maximum Gasteiger partial charge on any atom is 0.339 e. The number of benzene rings is 2. The molecule has 4 nitrogen and oxygen atoms in total. The van der Waals surface area contributed by atoms with Gasteiger partial charge in [0.2, 0.25) is 0 Å². The number of ether oxygens (including phenoxy) is 2. The smallest absolute Gasteiger partial charge is 0.339 e. The minimum atomic E-state index is -1.03. The van der Waals surface area contributed by atoms with Crippen LogP contribution in [0.1, 0.15) is 39.8 Å². The van der Waals surface area contributed by atoms with Crippen LogP contribution in [0.5, 0.6) is 5.75 Å². The van der Waals surface area contributed by atoms with Crippen molar-refractivity contribution in [1.82, 2.24) is 0 Å². The highest BCUT2D eigenvalue weighted by Gasteiger charge is 2.40.